The first-order chi connectivity index (χ1) is 7.36. The molecule has 2 amide bonds. The molecule has 0 fully saturated rings. The summed E-state index contributed by atoms with van der Waals surface area (Å²) < 4.78 is 0. The lowest BCUT2D eigenvalue weighted by Crippen LogP contribution is -2.55. The maximum absolute atomic E-state index is 10.8. The van der Waals surface area contributed by atoms with Crippen molar-refractivity contribution >= 4 is 11.8 Å². The van der Waals surface area contributed by atoms with E-state index in [0.717, 1.165) is 0 Å². The summed E-state index contributed by atoms with van der Waals surface area (Å²) in [7, 11) is 0. The molecule has 0 saturated carbocycles. The smallest absolute Gasteiger partial charge is 0.265 e. The summed E-state index contributed by atoms with van der Waals surface area (Å²) in [5.41, 5.74) is 3.03. The Morgan fingerprint density at radius 3 is 1.25 bits per heavy atom. The third-order valence-electron chi connectivity index (χ3n) is 1.82. The minimum atomic E-state index is -2.10. The third kappa shape index (κ3) is 3.37. The standard InChI is InChI=1S/C6H14N4O6/c7-9-5(15)3(13)1(11)2(12)4(14)6(16)10-8/h1-4,11-14H,7-8H2,(H,9,15)(H,10,16)/t1-,2+,3+,4-. The molecule has 94 valence electrons. The molecule has 0 radical (unpaired) electrons. The van der Waals surface area contributed by atoms with Crippen molar-refractivity contribution in [2.45, 2.75) is 24.4 Å². The van der Waals surface area contributed by atoms with Crippen LogP contribution in [0.4, 0.5) is 0 Å². The Hall–Kier alpha value is -1.30. The zero-order chi connectivity index (χ0) is 12.9. The van der Waals surface area contributed by atoms with Crippen molar-refractivity contribution in [1.29, 1.82) is 0 Å². The van der Waals surface area contributed by atoms with E-state index in [1.165, 1.54) is 10.9 Å². The van der Waals surface area contributed by atoms with Gasteiger partial charge in [0.05, 0.1) is 0 Å². The van der Waals surface area contributed by atoms with Crippen LogP contribution in [-0.2, 0) is 9.59 Å². The molecule has 16 heavy (non-hydrogen) atoms. The lowest BCUT2D eigenvalue weighted by atomic mass is 10.0. The fraction of sp³-hybridized carbons (Fsp3) is 0.667. The Bertz CT molecular complexity index is 235. The van der Waals surface area contributed by atoms with Crippen LogP contribution in [0.3, 0.4) is 0 Å². The van der Waals surface area contributed by atoms with E-state index in [4.69, 9.17) is 10.2 Å². The first kappa shape index (κ1) is 14.7. The van der Waals surface area contributed by atoms with Gasteiger partial charge in [-0.1, -0.05) is 0 Å². The van der Waals surface area contributed by atoms with Crippen LogP contribution in [0.25, 0.3) is 0 Å². The van der Waals surface area contributed by atoms with Crippen LogP contribution in [0, 0.1) is 0 Å². The monoisotopic (exact) mass is 238 g/mol. The summed E-state index contributed by atoms with van der Waals surface area (Å²) >= 11 is 0. The number of nitrogens with one attached hydrogen (secondary N) is 2. The number of hydrogen-bond donors (Lipinski definition) is 8. The van der Waals surface area contributed by atoms with Crippen molar-refractivity contribution in [3.63, 3.8) is 0 Å². The van der Waals surface area contributed by atoms with Gasteiger partial charge in [0.2, 0.25) is 0 Å². The number of hydrazine groups is 2. The van der Waals surface area contributed by atoms with Crippen molar-refractivity contribution < 1.29 is 30.0 Å². The normalized spacial score (nSPS) is 18.1. The van der Waals surface area contributed by atoms with E-state index < -0.39 is 36.2 Å². The van der Waals surface area contributed by atoms with E-state index in [2.05, 4.69) is 11.7 Å². The van der Waals surface area contributed by atoms with Crippen molar-refractivity contribution in [1.82, 2.24) is 10.9 Å². The molecule has 0 unspecified atom stereocenters. The summed E-state index contributed by atoms with van der Waals surface area (Å²) in [6.45, 7) is 0. The molecule has 10 nitrogen and oxygen atoms in total. The second-order valence-corrected chi connectivity index (χ2v) is 2.89. The number of carbonyl (C=O) groups excluding carboxylic acids is 2. The summed E-state index contributed by atoms with van der Waals surface area (Å²) in [4.78, 5) is 21.5. The van der Waals surface area contributed by atoms with Crippen LogP contribution >= 0.6 is 0 Å². The van der Waals surface area contributed by atoms with E-state index in [0.29, 0.717) is 0 Å². The Labute approximate surface area is 89.8 Å². The molecule has 0 aliphatic heterocycles. The molecule has 0 spiro atoms. The molecule has 0 heterocycles. The van der Waals surface area contributed by atoms with Gasteiger partial charge in [-0.2, -0.15) is 0 Å². The Kier molecular flexibility index (Phi) is 5.81. The van der Waals surface area contributed by atoms with Crippen LogP contribution in [0.2, 0.25) is 0 Å². The maximum atomic E-state index is 10.8. The van der Waals surface area contributed by atoms with E-state index in [1.54, 1.807) is 0 Å². The number of rotatable bonds is 5. The van der Waals surface area contributed by atoms with Crippen LogP contribution < -0.4 is 22.5 Å². The zero-order valence-corrected chi connectivity index (χ0v) is 8.07. The Morgan fingerprint density at radius 2 is 1.06 bits per heavy atom. The molecule has 0 saturated heterocycles. The lowest BCUT2D eigenvalue weighted by Gasteiger charge is -2.24. The van der Waals surface area contributed by atoms with Crippen LogP contribution in [0.15, 0.2) is 0 Å². The van der Waals surface area contributed by atoms with Gasteiger partial charge in [-0.3, -0.25) is 20.4 Å². The summed E-state index contributed by atoms with van der Waals surface area (Å²) in [6.07, 6.45) is -8.40. The van der Waals surface area contributed by atoms with Crippen molar-refractivity contribution in [3.05, 3.63) is 0 Å². The molecule has 0 aliphatic rings. The number of aliphatic hydroxyl groups is 4. The molecular formula is C6H14N4O6. The number of amides is 2. The predicted octanol–water partition coefficient (Wildman–Crippen LogP) is -5.59. The molecule has 0 aliphatic carbocycles. The van der Waals surface area contributed by atoms with Gasteiger partial charge in [0, 0.05) is 0 Å². The van der Waals surface area contributed by atoms with Gasteiger partial charge in [0.15, 0.2) is 12.2 Å². The minimum absolute atomic E-state index is 1.19. The van der Waals surface area contributed by atoms with Crippen LogP contribution in [0.1, 0.15) is 0 Å². The SMILES string of the molecule is NNC(=O)[C@@H](O)[C@H](O)[C@H](O)[C@@H](O)C(=O)NN. The van der Waals surface area contributed by atoms with Gasteiger partial charge in [-0.15, -0.1) is 0 Å². The highest BCUT2D eigenvalue weighted by atomic mass is 16.4. The first-order valence-corrected chi connectivity index (χ1v) is 4.10. The van der Waals surface area contributed by atoms with Crippen LogP contribution in [0.5, 0.6) is 0 Å². The molecule has 0 aromatic rings. The molecule has 0 rings (SSSR count). The summed E-state index contributed by atoms with van der Waals surface area (Å²) in [5.74, 6) is 6.94. The van der Waals surface area contributed by atoms with E-state index >= 15 is 0 Å². The van der Waals surface area contributed by atoms with Crippen molar-refractivity contribution in [2.24, 2.45) is 11.7 Å². The number of aliphatic hydroxyl groups excluding tert-OH is 4. The quantitative estimate of drug-likeness (QED) is 0.132. The van der Waals surface area contributed by atoms with Crippen LogP contribution in [-0.4, -0.2) is 56.7 Å². The lowest BCUT2D eigenvalue weighted by molar-refractivity contribution is -0.155. The fourth-order valence-corrected chi connectivity index (χ4v) is 0.854. The average Bonchev–Trinajstić information content (AvgIpc) is 2.32. The second-order valence-electron chi connectivity index (χ2n) is 2.89. The molecule has 4 atom stereocenters. The number of hydrogen-bond acceptors (Lipinski definition) is 8. The molecule has 0 aromatic carbocycles. The second kappa shape index (κ2) is 6.32. The Morgan fingerprint density at radius 1 is 0.812 bits per heavy atom. The van der Waals surface area contributed by atoms with Crippen molar-refractivity contribution in [3.8, 4) is 0 Å². The number of carbonyl (C=O) groups is 2. The fourth-order valence-electron chi connectivity index (χ4n) is 0.854. The van der Waals surface area contributed by atoms with Gasteiger partial charge >= 0.3 is 0 Å². The third-order valence-corrected chi connectivity index (χ3v) is 1.82. The minimum Gasteiger partial charge on any atom is -0.387 e. The topological polar surface area (TPSA) is 191 Å². The first-order valence-electron chi connectivity index (χ1n) is 4.10. The van der Waals surface area contributed by atoms with Gasteiger partial charge in [-0.25, -0.2) is 11.7 Å². The summed E-state index contributed by atoms with van der Waals surface area (Å²) in [5, 5.41) is 36.6. The van der Waals surface area contributed by atoms with Gasteiger partial charge in [-0.05, 0) is 0 Å². The van der Waals surface area contributed by atoms with E-state index in [9.17, 15) is 19.8 Å². The van der Waals surface area contributed by atoms with E-state index in [1.807, 2.05) is 0 Å². The van der Waals surface area contributed by atoms with Gasteiger partial charge < -0.3 is 20.4 Å². The zero-order valence-electron chi connectivity index (χ0n) is 8.07. The maximum Gasteiger partial charge on any atom is 0.265 e. The molecule has 0 bridgehead atoms. The van der Waals surface area contributed by atoms with E-state index in [-0.39, 0.29) is 0 Å². The average molecular weight is 238 g/mol. The highest BCUT2D eigenvalue weighted by molar-refractivity contribution is 5.82. The van der Waals surface area contributed by atoms with Crippen molar-refractivity contribution in [2.75, 3.05) is 0 Å². The largest absolute Gasteiger partial charge is 0.387 e. The highest BCUT2D eigenvalue weighted by Gasteiger charge is 2.36. The molecule has 10 heteroatoms. The molecular weight excluding hydrogens is 224 g/mol. The molecule has 10 N–H and O–H groups in total. The predicted molar refractivity (Wildman–Crippen MR) is 48.7 cm³/mol. The Balaban J connectivity index is 4.54. The van der Waals surface area contributed by atoms with Gasteiger partial charge in [0.1, 0.15) is 12.2 Å². The highest BCUT2D eigenvalue weighted by Crippen LogP contribution is 2.05. The number of nitrogens with two attached hydrogens (primary N) is 2. The molecule has 0 aromatic heterocycles. The summed E-state index contributed by atoms with van der Waals surface area (Å²) in [6, 6.07) is 0. The van der Waals surface area contributed by atoms with Gasteiger partial charge in [0.25, 0.3) is 11.8 Å².